The van der Waals surface area contributed by atoms with Crippen LogP contribution >= 0.6 is 11.8 Å². The van der Waals surface area contributed by atoms with Gasteiger partial charge in [-0.2, -0.15) is 0 Å². The van der Waals surface area contributed by atoms with E-state index in [1.807, 2.05) is 26.0 Å². The summed E-state index contributed by atoms with van der Waals surface area (Å²) in [7, 11) is 3.07. The van der Waals surface area contributed by atoms with Crippen molar-refractivity contribution >= 4 is 40.1 Å². The molecule has 1 aliphatic heterocycles. The van der Waals surface area contributed by atoms with E-state index >= 15 is 0 Å². The highest BCUT2D eigenvalue weighted by molar-refractivity contribution is 8.15. The molecule has 2 aromatic rings. The van der Waals surface area contributed by atoms with Gasteiger partial charge in [0, 0.05) is 12.5 Å². The highest BCUT2D eigenvalue weighted by Crippen LogP contribution is 2.30. The van der Waals surface area contributed by atoms with Gasteiger partial charge in [-0.3, -0.25) is 9.59 Å². The predicted molar refractivity (Wildman–Crippen MR) is 115 cm³/mol. The van der Waals surface area contributed by atoms with Crippen LogP contribution in [0.1, 0.15) is 17.5 Å². The molecule has 3 rings (SSSR count). The molecule has 0 radical (unpaired) electrons. The molecule has 1 aliphatic rings. The Balaban J connectivity index is 1.67. The maximum Gasteiger partial charge on any atom is 0.240 e. The van der Waals surface area contributed by atoms with Gasteiger partial charge in [0.25, 0.3) is 0 Å². The van der Waals surface area contributed by atoms with E-state index in [2.05, 4.69) is 21.7 Å². The standard InChI is InChI=1S/C21H23N3O4S/c1-12-7-13(2)9-14(8-12)22-21-24-20(26)18(29-21)11-19(25)23-16-10-15(27-3)5-6-17(16)28-4/h5-10,18H,11H2,1-4H3,(H,23,25)(H,22,24,26)/t18-/m1/s1. The first-order valence-electron chi connectivity index (χ1n) is 9.04. The molecule has 8 heteroatoms. The lowest BCUT2D eigenvalue weighted by Crippen LogP contribution is -2.28. The number of aryl methyl sites for hydroxylation is 2. The van der Waals surface area contributed by atoms with E-state index in [1.54, 1.807) is 25.3 Å². The Labute approximate surface area is 173 Å². The van der Waals surface area contributed by atoms with E-state index < -0.39 is 5.25 Å². The number of nitrogens with one attached hydrogen (secondary N) is 2. The van der Waals surface area contributed by atoms with Gasteiger partial charge in [0.1, 0.15) is 16.7 Å². The van der Waals surface area contributed by atoms with Crippen molar-refractivity contribution in [3.05, 3.63) is 47.5 Å². The van der Waals surface area contributed by atoms with Crippen molar-refractivity contribution in [2.24, 2.45) is 4.99 Å². The highest BCUT2D eigenvalue weighted by atomic mass is 32.2. The van der Waals surface area contributed by atoms with Crippen LogP contribution in [0, 0.1) is 13.8 Å². The summed E-state index contributed by atoms with van der Waals surface area (Å²) >= 11 is 1.25. The minimum Gasteiger partial charge on any atom is -0.497 e. The second-order valence-electron chi connectivity index (χ2n) is 6.68. The number of benzene rings is 2. The lowest BCUT2D eigenvalue weighted by molar-refractivity contribution is -0.122. The number of aliphatic imine (C=N–C) groups is 1. The number of hydrogen-bond donors (Lipinski definition) is 2. The van der Waals surface area contributed by atoms with Crippen molar-refractivity contribution in [3.8, 4) is 11.5 Å². The van der Waals surface area contributed by atoms with Crippen LogP contribution in [0.3, 0.4) is 0 Å². The van der Waals surface area contributed by atoms with Crippen molar-refractivity contribution in [1.82, 2.24) is 5.32 Å². The number of thioether (sulfide) groups is 1. The molecular formula is C21H23N3O4S. The monoisotopic (exact) mass is 413 g/mol. The SMILES string of the molecule is COc1ccc(OC)c(NC(=O)C[C@H]2SC(=Nc3cc(C)cc(C)c3)NC2=O)c1. The first-order valence-corrected chi connectivity index (χ1v) is 9.92. The van der Waals surface area contributed by atoms with Crippen LogP contribution in [0.4, 0.5) is 11.4 Å². The normalized spacial score (nSPS) is 17.2. The van der Waals surface area contributed by atoms with Crippen LogP contribution in [0.15, 0.2) is 41.4 Å². The fourth-order valence-electron chi connectivity index (χ4n) is 3.01. The van der Waals surface area contributed by atoms with E-state index in [1.165, 1.54) is 18.9 Å². The maximum atomic E-state index is 12.5. The molecule has 0 aliphatic carbocycles. The van der Waals surface area contributed by atoms with Crippen LogP contribution < -0.4 is 20.1 Å². The Hall–Kier alpha value is -3.00. The predicted octanol–water partition coefficient (Wildman–Crippen LogP) is 3.57. The lowest BCUT2D eigenvalue weighted by atomic mass is 10.1. The minimum absolute atomic E-state index is 0.0166. The van der Waals surface area contributed by atoms with Crippen LogP contribution in [0.5, 0.6) is 11.5 Å². The van der Waals surface area contributed by atoms with E-state index in [4.69, 9.17) is 9.47 Å². The van der Waals surface area contributed by atoms with Crippen molar-refractivity contribution in [1.29, 1.82) is 0 Å². The van der Waals surface area contributed by atoms with Crippen LogP contribution in [0.2, 0.25) is 0 Å². The number of amidine groups is 1. The first kappa shape index (κ1) is 20.7. The molecule has 0 spiro atoms. The number of carbonyl (C=O) groups excluding carboxylic acids is 2. The molecular weight excluding hydrogens is 390 g/mol. The molecule has 1 fully saturated rings. The van der Waals surface area contributed by atoms with Crippen LogP contribution in [-0.2, 0) is 9.59 Å². The van der Waals surface area contributed by atoms with Gasteiger partial charge in [-0.25, -0.2) is 4.99 Å². The number of hydrogen-bond acceptors (Lipinski definition) is 6. The number of nitrogens with zero attached hydrogens (tertiary/aromatic N) is 1. The average molecular weight is 413 g/mol. The summed E-state index contributed by atoms with van der Waals surface area (Å²) in [5, 5.41) is 5.49. The largest absolute Gasteiger partial charge is 0.497 e. The minimum atomic E-state index is -0.545. The molecule has 29 heavy (non-hydrogen) atoms. The molecule has 152 valence electrons. The second-order valence-corrected chi connectivity index (χ2v) is 7.87. The molecule has 2 amide bonds. The molecule has 0 aromatic heterocycles. The van der Waals surface area contributed by atoms with Crippen LogP contribution in [-0.4, -0.2) is 36.5 Å². The zero-order valence-corrected chi connectivity index (χ0v) is 17.6. The summed E-state index contributed by atoms with van der Waals surface area (Å²) < 4.78 is 10.4. The van der Waals surface area contributed by atoms with Crippen molar-refractivity contribution in [2.45, 2.75) is 25.5 Å². The van der Waals surface area contributed by atoms with Crippen LogP contribution in [0.25, 0.3) is 0 Å². The average Bonchev–Trinajstić information content (AvgIpc) is 2.99. The van der Waals surface area contributed by atoms with E-state index in [-0.39, 0.29) is 18.2 Å². The molecule has 2 aromatic carbocycles. The van der Waals surface area contributed by atoms with E-state index in [9.17, 15) is 9.59 Å². The van der Waals surface area contributed by atoms with Gasteiger partial charge in [0.05, 0.1) is 25.6 Å². The van der Waals surface area contributed by atoms with Crippen molar-refractivity contribution in [2.75, 3.05) is 19.5 Å². The van der Waals surface area contributed by atoms with Gasteiger partial charge in [0.2, 0.25) is 11.8 Å². The Kier molecular flexibility index (Phi) is 6.43. The molecule has 0 bridgehead atoms. The highest BCUT2D eigenvalue weighted by Gasteiger charge is 2.32. The zero-order valence-electron chi connectivity index (χ0n) is 16.7. The van der Waals surface area contributed by atoms with Gasteiger partial charge in [-0.05, 0) is 49.2 Å². The third-order valence-corrected chi connectivity index (χ3v) is 5.35. The first-order chi connectivity index (χ1) is 13.9. The quantitative estimate of drug-likeness (QED) is 0.756. The Morgan fingerprint density at radius 3 is 2.52 bits per heavy atom. The molecule has 0 saturated carbocycles. The third-order valence-electron chi connectivity index (χ3n) is 4.27. The summed E-state index contributed by atoms with van der Waals surface area (Å²) in [5.74, 6) is 0.583. The van der Waals surface area contributed by atoms with Gasteiger partial charge in [-0.15, -0.1) is 0 Å². The topological polar surface area (TPSA) is 89.0 Å². The number of ether oxygens (including phenoxy) is 2. The fraction of sp³-hybridized carbons (Fsp3) is 0.286. The Bertz CT molecular complexity index is 954. The number of carbonyl (C=O) groups is 2. The summed E-state index contributed by atoms with van der Waals surface area (Å²) in [6, 6.07) is 11.1. The van der Waals surface area contributed by atoms with Gasteiger partial charge in [-0.1, -0.05) is 17.8 Å². The maximum absolute atomic E-state index is 12.5. The molecule has 7 nitrogen and oxygen atoms in total. The Morgan fingerprint density at radius 2 is 1.86 bits per heavy atom. The zero-order chi connectivity index (χ0) is 21.0. The number of methoxy groups -OCH3 is 2. The number of anilines is 1. The Morgan fingerprint density at radius 1 is 1.14 bits per heavy atom. The van der Waals surface area contributed by atoms with Gasteiger partial charge < -0.3 is 20.1 Å². The number of amides is 2. The summed E-state index contributed by atoms with van der Waals surface area (Å²) in [6.45, 7) is 3.99. The summed E-state index contributed by atoms with van der Waals surface area (Å²) in [4.78, 5) is 29.3. The third kappa shape index (κ3) is 5.29. The van der Waals surface area contributed by atoms with E-state index in [0.29, 0.717) is 22.4 Å². The molecule has 1 heterocycles. The number of rotatable bonds is 6. The molecule has 1 atom stereocenters. The van der Waals surface area contributed by atoms with E-state index in [0.717, 1.165) is 16.8 Å². The van der Waals surface area contributed by atoms with Crippen molar-refractivity contribution < 1.29 is 19.1 Å². The fourth-order valence-corrected chi connectivity index (χ4v) is 3.99. The molecule has 0 unspecified atom stereocenters. The molecule has 2 N–H and O–H groups in total. The molecule has 1 saturated heterocycles. The van der Waals surface area contributed by atoms with Gasteiger partial charge in [0.15, 0.2) is 5.17 Å². The van der Waals surface area contributed by atoms with Crippen molar-refractivity contribution in [3.63, 3.8) is 0 Å². The smallest absolute Gasteiger partial charge is 0.240 e. The second kappa shape index (κ2) is 9.00. The lowest BCUT2D eigenvalue weighted by Gasteiger charge is -2.12. The van der Waals surface area contributed by atoms with Gasteiger partial charge >= 0.3 is 0 Å². The summed E-state index contributed by atoms with van der Waals surface area (Å²) in [5.41, 5.74) is 3.46. The summed E-state index contributed by atoms with van der Waals surface area (Å²) in [6.07, 6.45) is 0.0166.